The first-order chi connectivity index (χ1) is 17.6. The topological polar surface area (TPSA) is 84.3 Å². The molecule has 7 nitrogen and oxygen atoms in total. The zero-order valence-electron chi connectivity index (χ0n) is 19.8. The first-order valence-electron chi connectivity index (χ1n) is 12.0. The molecule has 0 unspecified atom stereocenters. The highest BCUT2D eigenvalue weighted by Gasteiger charge is 2.23. The number of hydrogen-bond acceptors (Lipinski definition) is 4. The number of fused-ring (bicyclic) bond motifs is 1. The summed E-state index contributed by atoms with van der Waals surface area (Å²) in [5.74, 6) is -1.36. The van der Waals surface area contributed by atoms with E-state index < -0.39 is 11.8 Å². The van der Waals surface area contributed by atoms with E-state index in [-0.39, 0.29) is 5.78 Å². The van der Waals surface area contributed by atoms with Gasteiger partial charge in [-0.1, -0.05) is 18.2 Å². The van der Waals surface area contributed by atoms with Gasteiger partial charge in [-0.3, -0.25) is 14.4 Å². The Morgan fingerprint density at radius 3 is 2.33 bits per heavy atom. The number of piperidine rings is 1. The van der Waals surface area contributed by atoms with Crippen molar-refractivity contribution in [2.45, 2.75) is 19.3 Å². The first kappa shape index (κ1) is 23.2. The van der Waals surface area contributed by atoms with Crippen molar-refractivity contribution < 1.29 is 14.4 Å². The van der Waals surface area contributed by atoms with Gasteiger partial charge in [-0.25, -0.2) is 4.98 Å². The molecule has 1 aliphatic heterocycles. The van der Waals surface area contributed by atoms with Gasteiger partial charge >= 0.3 is 11.8 Å². The van der Waals surface area contributed by atoms with Gasteiger partial charge in [-0.2, -0.15) is 0 Å². The second-order valence-electron chi connectivity index (χ2n) is 8.76. The minimum atomic E-state index is -0.656. The molecule has 2 aromatic carbocycles. The van der Waals surface area contributed by atoms with Crippen LogP contribution in [0.2, 0.25) is 0 Å². The maximum absolute atomic E-state index is 12.8. The molecular formula is C29H26N4O3. The van der Waals surface area contributed by atoms with E-state index in [1.165, 1.54) is 6.08 Å². The minimum Gasteiger partial charge on any atom is -0.334 e. The van der Waals surface area contributed by atoms with Crippen LogP contribution in [0, 0.1) is 0 Å². The maximum atomic E-state index is 12.8. The van der Waals surface area contributed by atoms with Gasteiger partial charge in [0.05, 0.1) is 16.9 Å². The first-order valence-corrected chi connectivity index (χ1v) is 12.0. The summed E-state index contributed by atoms with van der Waals surface area (Å²) in [5.41, 5.74) is 3.44. The number of carbonyl (C=O) groups is 3. The van der Waals surface area contributed by atoms with Crippen molar-refractivity contribution >= 4 is 40.3 Å². The van der Waals surface area contributed by atoms with Crippen molar-refractivity contribution in [3.8, 4) is 5.69 Å². The van der Waals surface area contributed by atoms with Gasteiger partial charge in [0.25, 0.3) is 0 Å². The van der Waals surface area contributed by atoms with E-state index in [2.05, 4.69) is 10.3 Å². The molecule has 7 heteroatoms. The number of hydrogen-bond donors (Lipinski definition) is 1. The quantitative estimate of drug-likeness (QED) is 0.252. The number of benzene rings is 2. The van der Waals surface area contributed by atoms with Gasteiger partial charge in [-0.15, -0.1) is 0 Å². The fourth-order valence-electron chi connectivity index (χ4n) is 4.37. The van der Waals surface area contributed by atoms with Gasteiger partial charge < -0.3 is 14.8 Å². The summed E-state index contributed by atoms with van der Waals surface area (Å²) in [6, 6.07) is 20.3. The van der Waals surface area contributed by atoms with Crippen LogP contribution >= 0.6 is 0 Å². The van der Waals surface area contributed by atoms with Crippen molar-refractivity contribution in [3.05, 3.63) is 96.5 Å². The molecule has 180 valence electrons. The highest BCUT2D eigenvalue weighted by Crippen LogP contribution is 2.23. The second kappa shape index (κ2) is 10.4. The van der Waals surface area contributed by atoms with Crippen LogP contribution in [-0.2, 0) is 9.59 Å². The van der Waals surface area contributed by atoms with E-state index in [1.807, 2.05) is 59.4 Å². The predicted molar refractivity (Wildman–Crippen MR) is 140 cm³/mol. The van der Waals surface area contributed by atoms with Crippen LogP contribution in [0.3, 0.4) is 0 Å². The molecule has 2 aromatic heterocycles. The number of pyridine rings is 1. The van der Waals surface area contributed by atoms with Crippen molar-refractivity contribution in [1.82, 2.24) is 14.5 Å². The number of allylic oxidation sites excluding steroid dienone is 1. The van der Waals surface area contributed by atoms with E-state index in [9.17, 15) is 14.4 Å². The SMILES string of the molecule is O=C(Nc1ccc(C(=O)/C=C/c2cc(-n3cccc3)c3ccccc3n2)cc1)C(=O)N1CCCCC1. The smallest absolute Gasteiger partial charge is 0.313 e. The maximum Gasteiger partial charge on any atom is 0.313 e. The summed E-state index contributed by atoms with van der Waals surface area (Å²) >= 11 is 0. The molecule has 1 aliphatic rings. The van der Waals surface area contributed by atoms with Gasteiger partial charge in [0, 0.05) is 42.1 Å². The number of aromatic nitrogens is 2. The van der Waals surface area contributed by atoms with Crippen LogP contribution in [0.25, 0.3) is 22.7 Å². The molecule has 0 radical (unpaired) electrons. The summed E-state index contributed by atoms with van der Waals surface area (Å²) in [7, 11) is 0. The molecule has 3 heterocycles. The molecule has 2 amide bonds. The molecule has 4 aromatic rings. The Labute approximate surface area is 209 Å². The number of amides is 2. The van der Waals surface area contributed by atoms with Gasteiger partial charge in [0.1, 0.15) is 0 Å². The van der Waals surface area contributed by atoms with Crippen LogP contribution in [0.1, 0.15) is 35.3 Å². The number of anilines is 1. The molecule has 1 saturated heterocycles. The lowest BCUT2D eigenvalue weighted by Crippen LogP contribution is -2.42. The molecule has 0 aliphatic carbocycles. The Morgan fingerprint density at radius 2 is 1.58 bits per heavy atom. The number of para-hydroxylation sites is 1. The van der Waals surface area contributed by atoms with E-state index in [4.69, 9.17) is 0 Å². The van der Waals surface area contributed by atoms with Crippen LogP contribution in [0.15, 0.2) is 85.2 Å². The lowest BCUT2D eigenvalue weighted by atomic mass is 10.1. The molecule has 0 saturated carbocycles. The van der Waals surface area contributed by atoms with Crippen LogP contribution in [0.5, 0.6) is 0 Å². The zero-order chi connectivity index (χ0) is 24.9. The van der Waals surface area contributed by atoms with E-state index in [1.54, 1.807) is 35.2 Å². The third-order valence-corrected chi connectivity index (χ3v) is 6.27. The Morgan fingerprint density at radius 1 is 0.861 bits per heavy atom. The van der Waals surface area contributed by atoms with Gasteiger partial charge in [-0.05, 0) is 79.9 Å². The normalized spacial score (nSPS) is 13.7. The molecule has 0 atom stereocenters. The van der Waals surface area contributed by atoms with Crippen LogP contribution in [-0.4, -0.2) is 45.1 Å². The average Bonchev–Trinajstić information content (AvgIpc) is 3.46. The monoisotopic (exact) mass is 478 g/mol. The number of rotatable bonds is 5. The Bertz CT molecular complexity index is 1430. The Hall–Kier alpha value is -4.52. The fourth-order valence-corrected chi connectivity index (χ4v) is 4.37. The highest BCUT2D eigenvalue weighted by atomic mass is 16.2. The molecular weight excluding hydrogens is 452 g/mol. The van der Waals surface area contributed by atoms with Crippen molar-refractivity contribution in [2.24, 2.45) is 0 Å². The zero-order valence-corrected chi connectivity index (χ0v) is 19.8. The summed E-state index contributed by atoms with van der Waals surface area (Å²) in [6.45, 7) is 1.23. The molecule has 0 bridgehead atoms. The molecule has 5 rings (SSSR count). The number of nitrogens with one attached hydrogen (secondary N) is 1. The second-order valence-corrected chi connectivity index (χ2v) is 8.76. The van der Waals surface area contributed by atoms with E-state index >= 15 is 0 Å². The summed E-state index contributed by atoms with van der Waals surface area (Å²) in [5, 5.41) is 3.65. The molecule has 1 N–H and O–H groups in total. The standard InChI is InChI=1S/C29H26N4O3/c34-27(21-10-12-22(13-11-21)31-28(35)29(36)33-18-4-1-5-19-33)15-14-23-20-26(32-16-6-7-17-32)24-8-2-3-9-25(24)30-23/h2-3,6-17,20H,1,4-5,18-19H2,(H,31,35)/b15-14+. The number of carbonyl (C=O) groups excluding carboxylic acids is 3. The lowest BCUT2D eigenvalue weighted by Gasteiger charge is -2.25. The van der Waals surface area contributed by atoms with Crippen molar-refractivity contribution in [1.29, 1.82) is 0 Å². The summed E-state index contributed by atoms with van der Waals surface area (Å²) < 4.78 is 2.02. The summed E-state index contributed by atoms with van der Waals surface area (Å²) in [6.07, 6.45) is 10.1. The van der Waals surface area contributed by atoms with Gasteiger partial charge in [0.15, 0.2) is 5.78 Å². The third kappa shape index (κ3) is 5.10. The Balaban J connectivity index is 1.28. The van der Waals surface area contributed by atoms with Crippen molar-refractivity contribution in [3.63, 3.8) is 0 Å². The average molecular weight is 479 g/mol. The predicted octanol–water partition coefficient (Wildman–Crippen LogP) is 4.87. The lowest BCUT2D eigenvalue weighted by molar-refractivity contribution is -0.143. The Kier molecular flexibility index (Phi) is 6.71. The minimum absolute atomic E-state index is 0.185. The number of nitrogens with zero attached hydrogens (tertiary/aromatic N) is 3. The van der Waals surface area contributed by atoms with Crippen LogP contribution in [0.4, 0.5) is 5.69 Å². The summed E-state index contributed by atoms with van der Waals surface area (Å²) in [4.78, 5) is 43.7. The molecule has 36 heavy (non-hydrogen) atoms. The van der Waals surface area contributed by atoms with E-state index in [0.717, 1.165) is 35.9 Å². The largest absolute Gasteiger partial charge is 0.334 e. The highest BCUT2D eigenvalue weighted by molar-refractivity contribution is 6.39. The van der Waals surface area contributed by atoms with E-state index in [0.29, 0.717) is 30.0 Å². The molecule has 1 fully saturated rings. The van der Waals surface area contributed by atoms with Crippen LogP contribution < -0.4 is 5.32 Å². The van der Waals surface area contributed by atoms with Gasteiger partial charge in [0.2, 0.25) is 0 Å². The molecule has 0 spiro atoms. The fraction of sp³-hybridized carbons (Fsp3) is 0.172. The number of likely N-dealkylation sites (tertiary alicyclic amines) is 1. The van der Waals surface area contributed by atoms with Crippen molar-refractivity contribution in [2.75, 3.05) is 18.4 Å². The number of ketones is 1. The third-order valence-electron chi connectivity index (χ3n) is 6.27.